The minimum absolute atomic E-state index is 0.310. The SMILES string of the molecule is Cc1ccc(C#N)c(C(=O)Cl)c1I. The van der Waals surface area contributed by atoms with Crippen LogP contribution in [0.3, 0.4) is 0 Å². The number of nitrogens with zero attached hydrogens (tertiary/aromatic N) is 1. The predicted octanol–water partition coefficient (Wildman–Crippen LogP) is 2.85. The zero-order valence-corrected chi connectivity index (χ0v) is 9.68. The van der Waals surface area contributed by atoms with E-state index in [4.69, 9.17) is 16.9 Å². The van der Waals surface area contributed by atoms with Gasteiger partial charge in [-0.25, -0.2) is 0 Å². The van der Waals surface area contributed by atoms with Crippen LogP contribution in [-0.2, 0) is 0 Å². The number of hydrogen-bond acceptors (Lipinski definition) is 2. The smallest absolute Gasteiger partial charge is 0.254 e. The summed E-state index contributed by atoms with van der Waals surface area (Å²) in [6.45, 7) is 1.87. The third-order valence-corrected chi connectivity index (χ3v) is 3.23. The van der Waals surface area contributed by atoms with E-state index in [9.17, 15) is 4.79 Å². The van der Waals surface area contributed by atoms with Gasteiger partial charge in [-0.2, -0.15) is 5.26 Å². The molecular formula is C9H5ClINO. The van der Waals surface area contributed by atoms with Crippen LogP contribution in [0.4, 0.5) is 0 Å². The molecule has 0 aliphatic carbocycles. The van der Waals surface area contributed by atoms with E-state index in [-0.39, 0.29) is 0 Å². The molecule has 0 N–H and O–H groups in total. The third kappa shape index (κ3) is 2.01. The topological polar surface area (TPSA) is 40.9 Å². The first-order valence-corrected chi connectivity index (χ1v) is 4.92. The molecule has 0 atom stereocenters. The summed E-state index contributed by atoms with van der Waals surface area (Å²) in [7, 11) is 0. The Labute approximate surface area is 94.6 Å². The molecule has 0 amide bonds. The molecular weight excluding hydrogens is 300 g/mol. The van der Waals surface area contributed by atoms with Crippen LogP contribution in [0.1, 0.15) is 21.5 Å². The first-order chi connectivity index (χ1) is 6.07. The van der Waals surface area contributed by atoms with Gasteiger partial charge in [0.2, 0.25) is 0 Å². The Morgan fingerprint density at radius 1 is 1.62 bits per heavy atom. The fourth-order valence-corrected chi connectivity index (χ4v) is 2.04. The van der Waals surface area contributed by atoms with Crippen molar-refractivity contribution in [2.75, 3.05) is 0 Å². The maximum atomic E-state index is 11.0. The molecule has 0 saturated heterocycles. The fraction of sp³-hybridized carbons (Fsp3) is 0.111. The number of halogens is 2. The Bertz CT molecular complexity index is 409. The van der Waals surface area contributed by atoms with Crippen LogP contribution in [0.15, 0.2) is 12.1 Å². The molecule has 0 spiro atoms. The molecule has 1 rings (SSSR count). The lowest BCUT2D eigenvalue weighted by atomic mass is 10.1. The predicted molar refractivity (Wildman–Crippen MR) is 58.8 cm³/mol. The second kappa shape index (κ2) is 4.07. The van der Waals surface area contributed by atoms with E-state index < -0.39 is 5.24 Å². The van der Waals surface area contributed by atoms with Crippen LogP contribution in [0, 0.1) is 21.8 Å². The minimum Gasteiger partial charge on any atom is -0.276 e. The molecule has 0 radical (unpaired) electrons. The van der Waals surface area contributed by atoms with Gasteiger partial charge in [-0.05, 0) is 52.7 Å². The van der Waals surface area contributed by atoms with Crippen molar-refractivity contribution in [2.24, 2.45) is 0 Å². The first-order valence-electron chi connectivity index (χ1n) is 3.47. The molecule has 0 aromatic heterocycles. The molecule has 0 unspecified atom stereocenters. The molecule has 0 aliphatic rings. The van der Waals surface area contributed by atoms with Crippen molar-refractivity contribution in [2.45, 2.75) is 6.92 Å². The summed E-state index contributed by atoms with van der Waals surface area (Å²) in [6, 6.07) is 5.33. The van der Waals surface area contributed by atoms with Crippen LogP contribution in [0.25, 0.3) is 0 Å². The second-order valence-corrected chi connectivity index (χ2v) is 3.93. The van der Waals surface area contributed by atoms with Crippen molar-refractivity contribution in [3.8, 4) is 6.07 Å². The van der Waals surface area contributed by atoms with E-state index in [0.29, 0.717) is 11.1 Å². The van der Waals surface area contributed by atoms with Crippen LogP contribution in [-0.4, -0.2) is 5.24 Å². The van der Waals surface area contributed by atoms with Crippen molar-refractivity contribution in [1.29, 1.82) is 5.26 Å². The number of carbonyl (C=O) groups is 1. The third-order valence-electron chi connectivity index (χ3n) is 1.65. The highest BCUT2D eigenvalue weighted by atomic mass is 127. The molecule has 0 fully saturated rings. The number of carbonyl (C=O) groups excluding carboxylic acids is 1. The molecule has 66 valence electrons. The Morgan fingerprint density at radius 2 is 2.23 bits per heavy atom. The van der Waals surface area contributed by atoms with Gasteiger partial charge in [0.1, 0.15) is 0 Å². The Hall–Kier alpha value is -0.600. The molecule has 13 heavy (non-hydrogen) atoms. The summed E-state index contributed by atoms with van der Waals surface area (Å²) in [5.41, 5.74) is 1.59. The lowest BCUT2D eigenvalue weighted by Gasteiger charge is -2.04. The van der Waals surface area contributed by atoms with Gasteiger partial charge in [-0.1, -0.05) is 6.07 Å². The first kappa shape index (κ1) is 10.5. The van der Waals surface area contributed by atoms with Crippen LogP contribution >= 0.6 is 34.2 Å². The zero-order valence-electron chi connectivity index (χ0n) is 6.77. The molecule has 1 aromatic carbocycles. The van der Waals surface area contributed by atoms with E-state index in [1.54, 1.807) is 12.1 Å². The maximum Gasteiger partial charge on any atom is 0.254 e. The number of hydrogen-bond donors (Lipinski definition) is 0. The van der Waals surface area contributed by atoms with E-state index in [1.807, 2.05) is 35.6 Å². The minimum atomic E-state index is -0.579. The van der Waals surface area contributed by atoms with Crippen molar-refractivity contribution in [3.05, 3.63) is 32.4 Å². The molecule has 0 heterocycles. The van der Waals surface area contributed by atoms with Gasteiger partial charge in [0, 0.05) is 3.57 Å². The van der Waals surface area contributed by atoms with Gasteiger partial charge in [0.05, 0.1) is 17.2 Å². The van der Waals surface area contributed by atoms with Gasteiger partial charge in [-0.15, -0.1) is 0 Å². The summed E-state index contributed by atoms with van der Waals surface area (Å²) in [6.07, 6.45) is 0. The van der Waals surface area contributed by atoms with Crippen molar-refractivity contribution < 1.29 is 4.79 Å². The highest BCUT2D eigenvalue weighted by Gasteiger charge is 2.14. The second-order valence-electron chi connectivity index (χ2n) is 2.50. The highest BCUT2D eigenvalue weighted by Crippen LogP contribution is 2.22. The normalized spacial score (nSPS) is 9.38. The van der Waals surface area contributed by atoms with E-state index >= 15 is 0 Å². The van der Waals surface area contributed by atoms with Crippen LogP contribution in [0.5, 0.6) is 0 Å². The number of rotatable bonds is 1. The van der Waals surface area contributed by atoms with Gasteiger partial charge in [0.15, 0.2) is 0 Å². The average molecular weight is 306 g/mol. The average Bonchev–Trinajstić information content (AvgIpc) is 2.08. The lowest BCUT2D eigenvalue weighted by molar-refractivity contribution is 0.108. The molecule has 4 heteroatoms. The highest BCUT2D eigenvalue weighted by molar-refractivity contribution is 14.1. The number of nitriles is 1. The molecule has 0 aliphatic heterocycles. The molecule has 0 saturated carbocycles. The van der Waals surface area contributed by atoms with E-state index in [0.717, 1.165) is 9.13 Å². The van der Waals surface area contributed by atoms with E-state index in [1.165, 1.54) is 0 Å². The largest absolute Gasteiger partial charge is 0.276 e. The number of aryl methyl sites for hydroxylation is 1. The summed E-state index contributed by atoms with van der Waals surface area (Å²) in [4.78, 5) is 11.0. The quantitative estimate of drug-likeness (QED) is 0.591. The lowest BCUT2D eigenvalue weighted by Crippen LogP contribution is -1.99. The zero-order chi connectivity index (χ0) is 10.0. The number of benzene rings is 1. The fourth-order valence-electron chi connectivity index (χ4n) is 0.966. The molecule has 1 aromatic rings. The Balaban J connectivity index is 3.53. The summed E-state index contributed by atoms with van der Waals surface area (Å²) >= 11 is 7.38. The molecule has 0 bridgehead atoms. The van der Waals surface area contributed by atoms with Gasteiger partial charge in [-0.3, -0.25) is 4.79 Å². The maximum absolute atomic E-state index is 11.0. The van der Waals surface area contributed by atoms with Crippen molar-refractivity contribution in [3.63, 3.8) is 0 Å². The van der Waals surface area contributed by atoms with E-state index in [2.05, 4.69) is 0 Å². The summed E-state index contributed by atoms with van der Waals surface area (Å²) in [5, 5.41) is 8.14. The van der Waals surface area contributed by atoms with Gasteiger partial charge in [0.25, 0.3) is 5.24 Å². The Kier molecular flexibility index (Phi) is 3.28. The standard InChI is InChI=1S/C9H5ClINO/c1-5-2-3-6(4-12)7(8(5)11)9(10)13/h2-3H,1H3. The van der Waals surface area contributed by atoms with Gasteiger partial charge < -0.3 is 0 Å². The van der Waals surface area contributed by atoms with Crippen LogP contribution < -0.4 is 0 Å². The summed E-state index contributed by atoms with van der Waals surface area (Å²) in [5.74, 6) is 0. The van der Waals surface area contributed by atoms with Gasteiger partial charge >= 0.3 is 0 Å². The molecule has 2 nitrogen and oxygen atoms in total. The van der Waals surface area contributed by atoms with Crippen molar-refractivity contribution >= 4 is 39.4 Å². The van der Waals surface area contributed by atoms with Crippen LogP contribution in [0.2, 0.25) is 0 Å². The summed E-state index contributed by atoms with van der Waals surface area (Å²) < 4.78 is 0.747. The Morgan fingerprint density at radius 3 is 2.69 bits per heavy atom. The van der Waals surface area contributed by atoms with Crippen molar-refractivity contribution in [1.82, 2.24) is 0 Å². The monoisotopic (exact) mass is 305 g/mol.